The summed E-state index contributed by atoms with van der Waals surface area (Å²) in [6, 6.07) is 6.00. The maximum absolute atomic E-state index is 12.8. The molecule has 1 aromatic heterocycles. The van der Waals surface area contributed by atoms with Crippen LogP contribution in [0.2, 0.25) is 0 Å². The van der Waals surface area contributed by atoms with Gasteiger partial charge in [0.2, 0.25) is 0 Å². The number of carbonyl (C=O) groups excluding carboxylic acids is 1. The van der Waals surface area contributed by atoms with Crippen molar-refractivity contribution in [2.45, 2.75) is 25.3 Å². The molecule has 2 aliphatic rings. The fraction of sp³-hybridized carbons (Fsp3) is 0.474. The highest BCUT2D eigenvalue weighted by molar-refractivity contribution is 6.07. The summed E-state index contributed by atoms with van der Waals surface area (Å²) >= 11 is 0. The van der Waals surface area contributed by atoms with Gasteiger partial charge in [0.15, 0.2) is 5.69 Å². The number of aromatic amines is 1. The van der Waals surface area contributed by atoms with E-state index in [0.29, 0.717) is 18.2 Å². The number of aliphatic imine (C=N–C) groups is 2. The minimum absolute atomic E-state index is 0.0428. The van der Waals surface area contributed by atoms with E-state index < -0.39 is 0 Å². The van der Waals surface area contributed by atoms with Crippen LogP contribution in [0.15, 0.2) is 28.2 Å². The SMILES string of the molecule is C=NC[C@@H](NC(=O)c1n[nH]c2cc(C3=NCCN3C)ccc12)C1CCC1. The van der Waals surface area contributed by atoms with Crippen LogP contribution in [0.1, 0.15) is 35.3 Å². The van der Waals surface area contributed by atoms with E-state index in [-0.39, 0.29) is 11.9 Å². The van der Waals surface area contributed by atoms with E-state index in [4.69, 9.17) is 0 Å². The van der Waals surface area contributed by atoms with Crippen molar-refractivity contribution >= 4 is 29.4 Å². The zero-order valence-corrected chi connectivity index (χ0v) is 15.0. The molecule has 4 rings (SSSR count). The molecule has 7 nitrogen and oxygen atoms in total. The second kappa shape index (κ2) is 6.90. The first-order valence-corrected chi connectivity index (χ1v) is 9.15. The summed E-state index contributed by atoms with van der Waals surface area (Å²) in [6.07, 6.45) is 3.50. The van der Waals surface area contributed by atoms with Crippen molar-refractivity contribution in [1.29, 1.82) is 0 Å². The van der Waals surface area contributed by atoms with E-state index in [1.165, 1.54) is 6.42 Å². The normalized spacial score (nSPS) is 18.5. The maximum atomic E-state index is 12.8. The topological polar surface area (TPSA) is 85.7 Å². The van der Waals surface area contributed by atoms with Crippen molar-refractivity contribution in [3.8, 4) is 0 Å². The number of hydrogen-bond acceptors (Lipinski definition) is 5. The third kappa shape index (κ3) is 2.98. The summed E-state index contributed by atoms with van der Waals surface area (Å²) in [6.45, 7) is 5.88. The van der Waals surface area contributed by atoms with Gasteiger partial charge in [-0.1, -0.05) is 12.5 Å². The van der Waals surface area contributed by atoms with Crippen molar-refractivity contribution in [2.75, 3.05) is 26.7 Å². The average molecular weight is 352 g/mol. The first-order valence-electron chi connectivity index (χ1n) is 9.15. The Morgan fingerprint density at radius 2 is 2.35 bits per heavy atom. The van der Waals surface area contributed by atoms with E-state index in [9.17, 15) is 4.79 Å². The predicted molar refractivity (Wildman–Crippen MR) is 103 cm³/mol. The standard InChI is InChI=1S/C19H24N6O/c1-20-11-16(12-4-3-5-12)22-19(26)17-14-7-6-13(10-15(14)23-24-17)18-21-8-9-25(18)2/h6-7,10,12,16H,1,3-5,8-9,11H2,2H3,(H,22,26)(H,23,24)/t16-/m1/s1. The third-order valence-corrected chi connectivity index (χ3v) is 5.46. The molecule has 1 fully saturated rings. The van der Waals surface area contributed by atoms with Crippen molar-refractivity contribution in [1.82, 2.24) is 20.4 Å². The number of hydrogen-bond donors (Lipinski definition) is 2. The lowest BCUT2D eigenvalue weighted by molar-refractivity contribution is 0.0901. The average Bonchev–Trinajstić information content (AvgIpc) is 3.18. The minimum Gasteiger partial charge on any atom is -0.358 e. The molecule has 2 N–H and O–H groups in total. The molecule has 1 aliphatic carbocycles. The molecule has 26 heavy (non-hydrogen) atoms. The zero-order chi connectivity index (χ0) is 18.1. The number of carbonyl (C=O) groups is 1. The van der Waals surface area contributed by atoms with Gasteiger partial charge >= 0.3 is 0 Å². The highest BCUT2D eigenvalue weighted by Gasteiger charge is 2.29. The number of nitrogens with one attached hydrogen (secondary N) is 2. The van der Waals surface area contributed by atoms with Gasteiger partial charge in [0.1, 0.15) is 5.84 Å². The number of benzene rings is 1. The van der Waals surface area contributed by atoms with Crippen molar-refractivity contribution in [3.05, 3.63) is 29.5 Å². The Hall–Kier alpha value is -2.70. The molecule has 136 valence electrons. The first kappa shape index (κ1) is 16.8. The molecular formula is C19H24N6O. The molecule has 1 amide bonds. The lowest BCUT2D eigenvalue weighted by atomic mass is 9.79. The van der Waals surface area contributed by atoms with E-state index >= 15 is 0 Å². The Kier molecular flexibility index (Phi) is 4.44. The van der Waals surface area contributed by atoms with E-state index in [1.54, 1.807) is 0 Å². The van der Waals surface area contributed by atoms with E-state index in [2.05, 4.69) is 37.1 Å². The second-order valence-electron chi connectivity index (χ2n) is 7.14. The van der Waals surface area contributed by atoms with Crippen LogP contribution in [0.25, 0.3) is 10.9 Å². The number of nitrogens with zero attached hydrogens (tertiary/aromatic N) is 4. The summed E-state index contributed by atoms with van der Waals surface area (Å²) in [4.78, 5) is 23.4. The summed E-state index contributed by atoms with van der Waals surface area (Å²) < 4.78 is 0. The lowest BCUT2D eigenvalue weighted by Gasteiger charge is -2.33. The Balaban J connectivity index is 1.56. The molecule has 0 saturated heterocycles. The minimum atomic E-state index is -0.153. The highest BCUT2D eigenvalue weighted by Crippen LogP contribution is 2.30. The molecule has 0 spiro atoms. The first-order chi connectivity index (χ1) is 12.7. The Labute approximate surface area is 152 Å². The smallest absolute Gasteiger partial charge is 0.272 e. The number of amidine groups is 1. The molecule has 1 aliphatic heterocycles. The summed E-state index contributed by atoms with van der Waals surface area (Å²) in [5.41, 5.74) is 2.32. The second-order valence-corrected chi connectivity index (χ2v) is 7.14. The number of aromatic nitrogens is 2. The number of likely N-dealkylation sites (N-methyl/N-ethyl adjacent to an activating group) is 1. The molecule has 2 aromatic rings. The summed E-state index contributed by atoms with van der Waals surface area (Å²) in [7, 11) is 2.04. The van der Waals surface area contributed by atoms with Crippen LogP contribution in [0.5, 0.6) is 0 Å². The summed E-state index contributed by atoms with van der Waals surface area (Å²) in [5, 5.41) is 11.2. The van der Waals surface area contributed by atoms with Crippen LogP contribution in [-0.4, -0.2) is 66.3 Å². The van der Waals surface area contributed by atoms with Crippen LogP contribution in [0.4, 0.5) is 0 Å². The molecule has 2 heterocycles. The van der Waals surface area contributed by atoms with Crippen molar-refractivity contribution < 1.29 is 4.79 Å². The number of amides is 1. The molecule has 1 atom stereocenters. The Morgan fingerprint density at radius 3 is 3.00 bits per heavy atom. The molecule has 1 saturated carbocycles. The van der Waals surface area contributed by atoms with Crippen LogP contribution in [-0.2, 0) is 0 Å². The molecule has 0 bridgehead atoms. The molecule has 0 radical (unpaired) electrons. The molecular weight excluding hydrogens is 328 g/mol. The monoisotopic (exact) mass is 352 g/mol. The lowest BCUT2D eigenvalue weighted by Crippen LogP contribution is -2.45. The van der Waals surface area contributed by atoms with Gasteiger partial charge < -0.3 is 10.2 Å². The molecule has 1 aromatic carbocycles. The van der Waals surface area contributed by atoms with Gasteiger partial charge in [-0.15, -0.1) is 0 Å². The van der Waals surface area contributed by atoms with Gasteiger partial charge in [0.05, 0.1) is 24.6 Å². The number of rotatable bonds is 6. The Bertz CT molecular complexity index is 866. The molecule has 0 unspecified atom stereocenters. The van der Waals surface area contributed by atoms with Crippen molar-refractivity contribution in [3.63, 3.8) is 0 Å². The van der Waals surface area contributed by atoms with E-state index in [0.717, 1.165) is 48.2 Å². The van der Waals surface area contributed by atoms with Gasteiger partial charge in [-0.3, -0.25) is 19.9 Å². The zero-order valence-electron chi connectivity index (χ0n) is 15.0. The fourth-order valence-electron chi connectivity index (χ4n) is 3.71. The van der Waals surface area contributed by atoms with Crippen LogP contribution < -0.4 is 5.32 Å². The van der Waals surface area contributed by atoms with Gasteiger partial charge in [-0.05, 0) is 37.6 Å². The Morgan fingerprint density at radius 1 is 1.50 bits per heavy atom. The summed E-state index contributed by atoms with van der Waals surface area (Å²) in [5.74, 6) is 1.33. The maximum Gasteiger partial charge on any atom is 0.272 e. The largest absolute Gasteiger partial charge is 0.358 e. The fourth-order valence-corrected chi connectivity index (χ4v) is 3.71. The van der Waals surface area contributed by atoms with E-state index in [1.807, 2.05) is 25.2 Å². The number of H-pyrrole nitrogens is 1. The van der Waals surface area contributed by atoms with Gasteiger partial charge in [0, 0.05) is 24.5 Å². The van der Waals surface area contributed by atoms with Crippen LogP contribution >= 0.6 is 0 Å². The van der Waals surface area contributed by atoms with Crippen LogP contribution in [0, 0.1) is 5.92 Å². The third-order valence-electron chi connectivity index (χ3n) is 5.46. The van der Waals surface area contributed by atoms with Gasteiger partial charge in [-0.2, -0.15) is 5.10 Å². The van der Waals surface area contributed by atoms with Crippen molar-refractivity contribution in [2.24, 2.45) is 15.9 Å². The van der Waals surface area contributed by atoms with Gasteiger partial charge in [0.25, 0.3) is 5.91 Å². The highest BCUT2D eigenvalue weighted by atomic mass is 16.2. The van der Waals surface area contributed by atoms with Crippen LogP contribution in [0.3, 0.4) is 0 Å². The number of fused-ring (bicyclic) bond motifs is 1. The van der Waals surface area contributed by atoms with Gasteiger partial charge in [-0.25, -0.2) is 0 Å². The molecule has 7 heteroatoms. The predicted octanol–water partition coefficient (Wildman–Crippen LogP) is 1.85. The quantitative estimate of drug-likeness (QED) is 0.778.